The molecule has 2 heterocycles. The van der Waals surface area contributed by atoms with Gasteiger partial charge >= 0.3 is 0 Å². The number of amidine groups is 1. The molecule has 92 valence electrons. The summed E-state index contributed by atoms with van der Waals surface area (Å²) in [7, 11) is 0. The Morgan fingerprint density at radius 3 is 2.89 bits per heavy atom. The number of anilines is 1. The summed E-state index contributed by atoms with van der Waals surface area (Å²) in [6.45, 7) is 1.86. The minimum absolute atomic E-state index is 0.285. The molecule has 0 amide bonds. The fraction of sp³-hybridized carbons (Fsp3) is 0.167. The molecule has 1 aromatic rings. The smallest absolute Gasteiger partial charge is 0.168 e. The lowest BCUT2D eigenvalue weighted by Gasteiger charge is -2.16. The highest BCUT2D eigenvalue weighted by Crippen LogP contribution is 2.35. The van der Waals surface area contributed by atoms with Crippen molar-refractivity contribution >= 4 is 45.6 Å². The molecule has 0 spiro atoms. The monoisotopic (exact) mass is 276 g/mol. The lowest BCUT2D eigenvalue weighted by Crippen LogP contribution is -2.20. The minimum Gasteiger partial charge on any atom is -0.376 e. The first-order chi connectivity index (χ1) is 8.74. The summed E-state index contributed by atoms with van der Waals surface area (Å²) in [5, 5.41) is 6.45. The number of thiocarbonyl (C=S) groups is 1. The number of hydrogen-bond donors (Lipinski definition) is 2. The van der Waals surface area contributed by atoms with E-state index in [4.69, 9.17) is 18.0 Å². The van der Waals surface area contributed by atoms with Gasteiger partial charge in [-0.2, -0.15) is 0 Å². The third-order valence-electron chi connectivity index (χ3n) is 2.82. The Balaban J connectivity index is 1.81. The molecule has 3 rings (SSSR count). The van der Waals surface area contributed by atoms with Gasteiger partial charge in [0.25, 0.3) is 0 Å². The van der Waals surface area contributed by atoms with Gasteiger partial charge in [0.1, 0.15) is 0 Å². The van der Waals surface area contributed by atoms with Gasteiger partial charge < -0.3 is 16.0 Å². The van der Waals surface area contributed by atoms with E-state index in [1.807, 2.05) is 12.1 Å². The number of rotatable bonds is 2. The quantitative estimate of drug-likeness (QED) is 0.810. The van der Waals surface area contributed by atoms with E-state index >= 15 is 0 Å². The second kappa shape index (κ2) is 4.62. The van der Waals surface area contributed by atoms with Crippen LogP contribution in [0.2, 0.25) is 0 Å². The predicted octanol–water partition coefficient (Wildman–Crippen LogP) is 2.06. The molecule has 0 bridgehead atoms. The fourth-order valence-electron chi connectivity index (χ4n) is 2.01. The molecule has 4 nitrogen and oxygen atoms in total. The fourth-order valence-corrected chi connectivity index (χ4v) is 3.09. The van der Waals surface area contributed by atoms with Gasteiger partial charge in [0.05, 0.1) is 12.2 Å². The van der Waals surface area contributed by atoms with Gasteiger partial charge in [-0.25, -0.2) is 0 Å². The number of nitrogens with two attached hydrogens (primary N) is 1. The highest BCUT2D eigenvalue weighted by Gasteiger charge is 2.26. The number of fused-ring (bicyclic) bond motifs is 1. The SMILES string of the molecule is NC(=S)Nc1ccc(C2=CSC3=NCCN23)cc1. The van der Waals surface area contributed by atoms with Gasteiger partial charge in [0.2, 0.25) is 0 Å². The number of benzene rings is 1. The molecule has 1 aromatic carbocycles. The summed E-state index contributed by atoms with van der Waals surface area (Å²) in [6.07, 6.45) is 0. The average Bonchev–Trinajstić information content (AvgIpc) is 2.91. The molecular formula is C12H12N4S2. The van der Waals surface area contributed by atoms with E-state index in [0.717, 1.165) is 23.9 Å². The third kappa shape index (κ3) is 2.09. The molecule has 0 fully saturated rings. The second-order valence-electron chi connectivity index (χ2n) is 4.00. The van der Waals surface area contributed by atoms with E-state index in [9.17, 15) is 0 Å². The summed E-state index contributed by atoms with van der Waals surface area (Å²) >= 11 is 6.50. The lowest BCUT2D eigenvalue weighted by molar-refractivity contribution is 0.650. The van der Waals surface area contributed by atoms with Crippen molar-refractivity contribution in [2.75, 3.05) is 18.4 Å². The van der Waals surface area contributed by atoms with Crippen LogP contribution in [0.4, 0.5) is 5.69 Å². The number of nitrogens with zero attached hydrogens (tertiary/aromatic N) is 2. The van der Waals surface area contributed by atoms with Crippen molar-refractivity contribution in [3.05, 3.63) is 35.2 Å². The van der Waals surface area contributed by atoms with Crippen LogP contribution in [0.1, 0.15) is 5.56 Å². The molecule has 0 atom stereocenters. The Morgan fingerprint density at radius 1 is 1.39 bits per heavy atom. The number of hydrogen-bond acceptors (Lipinski definition) is 4. The van der Waals surface area contributed by atoms with Gasteiger partial charge in [-0.3, -0.25) is 4.99 Å². The van der Waals surface area contributed by atoms with Gasteiger partial charge in [-0.1, -0.05) is 23.9 Å². The van der Waals surface area contributed by atoms with Crippen LogP contribution >= 0.6 is 24.0 Å². The largest absolute Gasteiger partial charge is 0.376 e. The van der Waals surface area contributed by atoms with Crippen molar-refractivity contribution in [3.63, 3.8) is 0 Å². The number of aliphatic imine (C=N–C) groups is 1. The maximum Gasteiger partial charge on any atom is 0.168 e. The van der Waals surface area contributed by atoms with Crippen molar-refractivity contribution in [1.82, 2.24) is 4.90 Å². The molecule has 0 radical (unpaired) electrons. The van der Waals surface area contributed by atoms with Crippen LogP contribution < -0.4 is 11.1 Å². The number of thioether (sulfide) groups is 1. The zero-order valence-corrected chi connectivity index (χ0v) is 11.2. The van der Waals surface area contributed by atoms with Crippen LogP contribution in [0.15, 0.2) is 34.7 Å². The lowest BCUT2D eigenvalue weighted by atomic mass is 10.1. The third-order valence-corrected chi connectivity index (χ3v) is 3.82. The topological polar surface area (TPSA) is 53.6 Å². The molecule has 0 aliphatic carbocycles. The molecule has 3 N–H and O–H groups in total. The summed E-state index contributed by atoms with van der Waals surface area (Å²) in [6, 6.07) is 8.08. The summed E-state index contributed by atoms with van der Waals surface area (Å²) in [5.41, 5.74) is 8.75. The zero-order valence-electron chi connectivity index (χ0n) is 9.59. The summed E-state index contributed by atoms with van der Waals surface area (Å²) < 4.78 is 0. The highest BCUT2D eigenvalue weighted by molar-refractivity contribution is 8.16. The van der Waals surface area contributed by atoms with E-state index < -0.39 is 0 Å². The van der Waals surface area contributed by atoms with Gasteiger partial charge in [-0.15, -0.1) is 0 Å². The van der Waals surface area contributed by atoms with E-state index in [1.54, 1.807) is 11.8 Å². The molecule has 2 aliphatic heterocycles. The minimum atomic E-state index is 0.285. The van der Waals surface area contributed by atoms with Crippen LogP contribution in [0.25, 0.3) is 5.70 Å². The molecule has 0 aromatic heterocycles. The van der Waals surface area contributed by atoms with Crippen molar-refractivity contribution in [3.8, 4) is 0 Å². The first-order valence-corrected chi connectivity index (χ1v) is 6.88. The normalized spacial score (nSPS) is 17.2. The van der Waals surface area contributed by atoms with E-state index in [2.05, 4.69) is 32.7 Å². The van der Waals surface area contributed by atoms with Crippen LogP contribution in [-0.4, -0.2) is 28.3 Å². The Hall–Kier alpha value is -1.53. The molecule has 6 heteroatoms. The van der Waals surface area contributed by atoms with Gasteiger partial charge in [-0.05, 0) is 29.9 Å². The maximum absolute atomic E-state index is 5.44. The van der Waals surface area contributed by atoms with Crippen LogP contribution in [0.3, 0.4) is 0 Å². The van der Waals surface area contributed by atoms with Crippen molar-refractivity contribution < 1.29 is 0 Å². The zero-order chi connectivity index (χ0) is 12.5. The standard InChI is InChI=1S/C12H12N4S2/c13-11(17)15-9-3-1-8(2-4-9)10-7-18-12-14-5-6-16(10)12/h1-4,7H,5-6H2,(H3,13,15,17). The van der Waals surface area contributed by atoms with Gasteiger partial charge in [0, 0.05) is 17.6 Å². The Bertz CT molecular complexity index is 548. The molecule has 0 saturated carbocycles. The molecule has 0 unspecified atom stereocenters. The Kier molecular flexibility index (Phi) is 2.97. The molecule has 2 aliphatic rings. The Labute approximate surface area is 115 Å². The first-order valence-electron chi connectivity index (χ1n) is 5.60. The summed E-state index contributed by atoms with van der Waals surface area (Å²) in [5.74, 6) is 0. The average molecular weight is 276 g/mol. The van der Waals surface area contributed by atoms with E-state index in [-0.39, 0.29) is 5.11 Å². The van der Waals surface area contributed by atoms with Crippen molar-refractivity contribution in [2.45, 2.75) is 0 Å². The first kappa shape index (κ1) is 11.6. The van der Waals surface area contributed by atoms with Crippen LogP contribution in [0.5, 0.6) is 0 Å². The van der Waals surface area contributed by atoms with E-state index in [0.29, 0.717) is 0 Å². The second-order valence-corrected chi connectivity index (χ2v) is 5.28. The predicted molar refractivity (Wildman–Crippen MR) is 81.4 cm³/mol. The molecule has 18 heavy (non-hydrogen) atoms. The van der Waals surface area contributed by atoms with Crippen molar-refractivity contribution in [2.24, 2.45) is 10.7 Å². The number of nitrogens with one attached hydrogen (secondary N) is 1. The molecular weight excluding hydrogens is 264 g/mol. The van der Waals surface area contributed by atoms with E-state index in [1.165, 1.54) is 11.3 Å². The van der Waals surface area contributed by atoms with Gasteiger partial charge in [0.15, 0.2) is 10.3 Å². The maximum atomic E-state index is 5.44. The molecule has 0 saturated heterocycles. The summed E-state index contributed by atoms with van der Waals surface area (Å²) in [4.78, 5) is 6.69. The Morgan fingerprint density at radius 2 is 2.17 bits per heavy atom. The van der Waals surface area contributed by atoms with Crippen LogP contribution in [0, 0.1) is 0 Å². The highest BCUT2D eigenvalue weighted by atomic mass is 32.2. The van der Waals surface area contributed by atoms with Crippen molar-refractivity contribution in [1.29, 1.82) is 0 Å². The van der Waals surface area contributed by atoms with Crippen LogP contribution in [-0.2, 0) is 0 Å².